The lowest BCUT2D eigenvalue weighted by atomic mass is 9.81. The summed E-state index contributed by atoms with van der Waals surface area (Å²) in [6.07, 6.45) is 2.70. The Labute approximate surface area is 157 Å². The summed E-state index contributed by atoms with van der Waals surface area (Å²) in [4.78, 5) is 12.9. The Hall–Kier alpha value is -1.06. The molecule has 2 aromatic rings. The van der Waals surface area contributed by atoms with E-state index in [4.69, 9.17) is 0 Å². The van der Waals surface area contributed by atoms with Crippen molar-refractivity contribution < 1.29 is 4.79 Å². The van der Waals surface area contributed by atoms with E-state index in [1.807, 2.05) is 11.8 Å². The number of thioether (sulfide) groups is 1. The van der Waals surface area contributed by atoms with Crippen molar-refractivity contribution in [2.75, 3.05) is 11.5 Å². The first-order chi connectivity index (χ1) is 11.6. The fraction of sp³-hybridized carbons (Fsp3) is 0.381. The number of hydrogen-bond donors (Lipinski definition) is 0. The average molecular weight is 403 g/mol. The topological polar surface area (TPSA) is 17.1 Å². The van der Waals surface area contributed by atoms with Crippen molar-refractivity contribution in [3.05, 3.63) is 69.7 Å². The van der Waals surface area contributed by atoms with Gasteiger partial charge in [0.05, 0.1) is 0 Å². The van der Waals surface area contributed by atoms with Gasteiger partial charge in [0, 0.05) is 22.7 Å². The molecule has 1 aliphatic heterocycles. The van der Waals surface area contributed by atoms with E-state index >= 15 is 0 Å². The molecule has 3 rings (SSSR count). The highest BCUT2D eigenvalue weighted by Crippen LogP contribution is 2.34. The summed E-state index contributed by atoms with van der Waals surface area (Å²) in [5.74, 6) is 3.11. The molecule has 1 nitrogen and oxygen atoms in total. The highest BCUT2D eigenvalue weighted by molar-refractivity contribution is 9.10. The van der Waals surface area contributed by atoms with Gasteiger partial charge in [-0.15, -0.1) is 0 Å². The molecule has 24 heavy (non-hydrogen) atoms. The number of carbonyl (C=O) groups excluding carboxylic acids is 1. The Morgan fingerprint density at radius 2 is 1.79 bits per heavy atom. The maximum absolute atomic E-state index is 12.9. The zero-order valence-corrected chi connectivity index (χ0v) is 16.4. The fourth-order valence-corrected chi connectivity index (χ4v) is 4.84. The van der Waals surface area contributed by atoms with Gasteiger partial charge in [-0.25, -0.2) is 0 Å². The highest BCUT2D eigenvalue weighted by Gasteiger charge is 2.26. The van der Waals surface area contributed by atoms with Gasteiger partial charge in [-0.05, 0) is 60.1 Å². The second-order valence-corrected chi connectivity index (χ2v) is 8.66. The van der Waals surface area contributed by atoms with Crippen LogP contribution in [-0.4, -0.2) is 17.3 Å². The Morgan fingerprint density at radius 1 is 1.12 bits per heavy atom. The van der Waals surface area contributed by atoms with Gasteiger partial charge in [-0.2, -0.15) is 11.8 Å². The molecule has 1 aliphatic rings. The second-order valence-electron chi connectivity index (χ2n) is 6.52. The molecule has 0 N–H and O–H groups in total. The van der Waals surface area contributed by atoms with E-state index in [0.717, 1.165) is 28.8 Å². The quantitative estimate of drug-likeness (QED) is 0.610. The maximum Gasteiger partial charge on any atom is 0.136 e. The second kappa shape index (κ2) is 8.35. The zero-order chi connectivity index (χ0) is 16.9. The molecule has 1 heterocycles. The molecule has 126 valence electrons. The molecule has 0 bridgehead atoms. The van der Waals surface area contributed by atoms with Crippen LogP contribution in [0.4, 0.5) is 0 Å². The predicted octanol–water partition coefficient (Wildman–Crippen LogP) is 5.99. The Kier molecular flexibility index (Phi) is 6.18. The van der Waals surface area contributed by atoms with E-state index in [9.17, 15) is 4.79 Å². The van der Waals surface area contributed by atoms with Gasteiger partial charge < -0.3 is 0 Å². The summed E-state index contributed by atoms with van der Waals surface area (Å²) in [5.41, 5.74) is 3.77. The Morgan fingerprint density at radius 3 is 2.46 bits per heavy atom. The zero-order valence-electron chi connectivity index (χ0n) is 14.0. The van der Waals surface area contributed by atoms with Gasteiger partial charge in [0.1, 0.15) is 5.78 Å². The van der Waals surface area contributed by atoms with Gasteiger partial charge in [0.15, 0.2) is 0 Å². The van der Waals surface area contributed by atoms with Crippen LogP contribution in [0, 0.1) is 12.8 Å². The molecule has 0 radical (unpaired) electrons. The van der Waals surface area contributed by atoms with Gasteiger partial charge in [-0.1, -0.05) is 52.3 Å². The molecule has 0 amide bonds. The van der Waals surface area contributed by atoms with Crippen molar-refractivity contribution in [2.45, 2.75) is 32.1 Å². The van der Waals surface area contributed by atoms with Crippen molar-refractivity contribution in [2.24, 2.45) is 5.92 Å². The van der Waals surface area contributed by atoms with Crippen LogP contribution in [0.3, 0.4) is 0 Å². The molecule has 0 spiro atoms. The van der Waals surface area contributed by atoms with Crippen LogP contribution < -0.4 is 0 Å². The van der Waals surface area contributed by atoms with Crippen LogP contribution in [0.25, 0.3) is 0 Å². The first kappa shape index (κ1) is 17.8. The number of hydrogen-bond acceptors (Lipinski definition) is 2. The molecule has 1 fully saturated rings. The lowest BCUT2D eigenvalue weighted by Gasteiger charge is -2.24. The van der Waals surface area contributed by atoms with Crippen molar-refractivity contribution in [3.8, 4) is 0 Å². The van der Waals surface area contributed by atoms with Crippen LogP contribution >= 0.6 is 27.7 Å². The SMILES string of the molecule is Cc1ccccc1C(CC(=O)C1CCSCC1)c1ccc(Br)cc1. The third kappa shape index (κ3) is 4.31. The minimum Gasteiger partial charge on any atom is -0.299 e. The minimum atomic E-state index is 0.154. The molecule has 0 aromatic heterocycles. The maximum atomic E-state index is 12.9. The van der Waals surface area contributed by atoms with E-state index in [2.05, 4.69) is 71.4 Å². The number of ketones is 1. The summed E-state index contributed by atoms with van der Waals surface area (Å²) in [7, 11) is 0. The summed E-state index contributed by atoms with van der Waals surface area (Å²) in [6, 6.07) is 16.9. The first-order valence-corrected chi connectivity index (χ1v) is 10.5. The van der Waals surface area contributed by atoms with Crippen molar-refractivity contribution >= 4 is 33.5 Å². The summed E-state index contributed by atoms with van der Waals surface area (Å²) in [5, 5.41) is 0. The number of carbonyl (C=O) groups is 1. The molecule has 2 aromatic carbocycles. The third-order valence-electron chi connectivity index (χ3n) is 4.92. The number of aryl methyl sites for hydroxylation is 1. The average Bonchev–Trinajstić information content (AvgIpc) is 2.62. The van der Waals surface area contributed by atoms with Crippen LogP contribution in [0.5, 0.6) is 0 Å². The highest BCUT2D eigenvalue weighted by atomic mass is 79.9. The van der Waals surface area contributed by atoms with E-state index in [0.29, 0.717) is 12.2 Å². The number of rotatable bonds is 5. The number of halogens is 1. The Bertz CT molecular complexity index is 689. The fourth-order valence-electron chi connectivity index (χ4n) is 3.47. The van der Waals surface area contributed by atoms with Crippen LogP contribution in [-0.2, 0) is 4.79 Å². The largest absolute Gasteiger partial charge is 0.299 e. The Balaban J connectivity index is 1.88. The summed E-state index contributed by atoms with van der Waals surface area (Å²) in [6.45, 7) is 2.14. The molecule has 0 saturated carbocycles. The monoisotopic (exact) mass is 402 g/mol. The summed E-state index contributed by atoms with van der Waals surface area (Å²) < 4.78 is 1.07. The van der Waals surface area contributed by atoms with E-state index < -0.39 is 0 Å². The van der Waals surface area contributed by atoms with E-state index in [1.54, 1.807) is 0 Å². The molecular formula is C21H23BrOS. The third-order valence-corrected chi connectivity index (χ3v) is 6.50. The standard InChI is InChI=1S/C21H23BrOS/c1-15-4-2-3-5-19(15)20(16-6-8-18(22)9-7-16)14-21(23)17-10-12-24-13-11-17/h2-9,17,20H,10-14H2,1H3. The predicted molar refractivity (Wildman–Crippen MR) is 107 cm³/mol. The molecule has 1 unspecified atom stereocenters. The van der Waals surface area contributed by atoms with E-state index in [-0.39, 0.29) is 11.8 Å². The van der Waals surface area contributed by atoms with Gasteiger partial charge >= 0.3 is 0 Å². The van der Waals surface area contributed by atoms with Crippen LogP contribution in [0.1, 0.15) is 41.9 Å². The van der Waals surface area contributed by atoms with Gasteiger partial charge in [0.25, 0.3) is 0 Å². The lowest BCUT2D eigenvalue weighted by molar-refractivity contribution is -0.123. The number of Topliss-reactive ketones (excluding diaryl/α,β-unsaturated/α-hetero) is 1. The molecule has 1 saturated heterocycles. The summed E-state index contributed by atoms with van der Waals surface area (Å²) >= 11 is 5.48. The first-order valence-electron chi connectivity index (χ1n) is 8.56. The smallest absolute Gasteiger partial charge is 0.136 e. The van der Waals surface area contributed by atoms with Crippen molar-refractivity contribution in [3.63, 3.8) is 0 Å². The molecule has 0 aliphatic carbocycles. The van der Waals surface area contributed by atoms with Gasteiger partial charge in [0.2, 0.25) is 0 Å². The number of benzene rings is 2. The molecule has 3 heteroatoms. The normalized spacial score (nSPS) is 16.8. The minimum absolute atomic E-state index is 0.154. The van der Waals surface area contributed by atoms with Crippen LogP contribution in [0.2, 0.25) is 0 Å². The van der Waals surface area contributed by atoms with E-state index in [1.165, 1.54) is 16.7 Å². The lowest BCUT2D eigenvalue weighted by Crippen LogP contribution is -2.22. The van der Waals surface area contributed by atoms with Gasteiger partial charge in [-0.3, -0.25) is 4.79 Å². The molecular weight excluding hydrogens is 380 g/mol. The van der Waals surface area contributed by atoms with Crippen molar-refractivity contribution in [1.29, 1.82) is 0 Å². The molecule has 1 atom stereocenters. The van der Waals surface area contributed by atoms with Crippen molar-refractivity contribution in [1.82, 2.24) is 0 Å². The van der Waals surface area contributed by atoms with Crippen LogP contribution in [0.15, 0.2) is 53.0 Å².